The smallest absolute Gasteiger partial charge is 0.115 e. The quantitative estimate of drug-likeness (QED) is 0.820. The number of thioether (sulfide) groups is 1. The van der Waals surface area contributed by atoms with Crippen molar-refractivity contribution in [2.75, 3.05) is 12.3 Å². The van der Waals surface area contributed by atoms with Crippen LogP contribution in [0, 0.1) is 6.92 Å². The van der Waals surface area contributed by atoms with Gasteiger partial charge in [0.05, 0.1) is 0 Å². The van der Waals surface area contributed by atoms with E-state index in [1.807, 2.05) is 24.2 Å². The van der Waals surface area contributed by atoms with Crippen LogP contribution in [-0.2, 0) is 0 Å². The number of aryl methyl sites for hydroxylation is 1. The Bertz CT molecular complexity index is 502. The first kappa shape index (κ1) is 14.0. The van der Waals surface area contributed by atoms with E-state index < -0.39 is 0 Å². The SMILES string of the molecule is CCNC(CSc1cccc(C)c1)c1cncnc1. The molecule has 0 amide bonds. The Hall–Kier alpha value is -1.39. The van der Waals surface area contributed by atoms with Gasteiger partial charge in [0.1, 0.15) is 6.33 Å². The second kappa shape index (κ2) is 7.26. The van der Waals surface area contributed by atoms with E-state index >= 15 is 0 Å². The Labute approximate surface area is 118 Å². The molecule has 0 fully saturated rings. The topological polar surface area (TPSA) is 37.8 Å². The number of rotatable bonds is 6. The third kappa shape index (κ3) is 4.33. The molecule has 0 spiro atoms. The van der Waals surface area contributed by atoms with Gasteiger partial charge in [0.2, 0.25) is 0 Å². The molecular weight excluding hydrogens is 254 g/mol. The van der Waals surface area contributed by atoms with Gasteiger partial charge in [0.15, 0.2) is 0 Å². The Morgan fingerprint density at radius 2 is 2.05 bits per heavy atom. The van der Waals surface area contributed by atoms with E-state index in [1.165, 1.54) is 10.5 Å². The van der Waals surface area contributed by atoms with Gasteiger partial charge < -0.3 is 5.32 Å². The van der Waals surface area contributed by atoms with E-state index in [1.54, 1.807) is 6.33 Å². The van der Waals surface area contributed by atoms with Crippen LogP contribution in [0.25, 0.3) is 0 Å². The predicted molar refractivity (Wildman–Crippen MR) is 80.4 cm³/mol. The van der Waals surface area contributed by atoms with Crippen LogP contribution >= 0.6 is 11.8 Å². The molecule has 0 bridgehead atoms. The predicted octanol–water partition coefficient (Wildman–Crippen LogP) is 3.23. The number of nitrogens with zero attached hydrogens (tertiary/aromatic N) is 2. The Balaban J connectivity index is 2.01. The second-order valence-corrected chi connectivity index (χ2v) is 5.50. The van der Waals surface area contributed by atoms with Crippen LogP contribution in [0.5, 0.6) is 0 Å². The number of benzene rings is 1. The summed E-state index contributed by atoms with van der Waals surface area (Å²) in [6.07, 6.45) is 5.34. The zero-order chi connectivity index (χ0) is 13.5. The average Bonchev–Trinajstić information content (AvgIpc) is 2.44. The molecule has 0 aliphatic carbocycles. The fourth-order valence-electron chi connectivity index (χ4n) is 1.89. The van der Waals surface area contributed by atoms with Crippen molar-refractivity contribution in [1.82, 2.24) is 15.3 Å². The highest BCUT2D eigenvalue weighted by Crippen LogP contribution is 2.24. The third-order valence-electron chi connectivity index (χ3n) is 2.84. The summed E-state index contributed by atoms with van der Waals surface area (Å²) in [5.74, 6) is 0.977. The molecule has 0 aliphatic rings. The molecule has 0 aliphatic heterocycles. The molecule has 1 aromatic carbocycles. The highest BCUT2D eigenvalue weighted by Gasteiger charge is 2.11. The lowest BCUT2D eigenvalue weighted by molar-refractivity contribution is 0.601. The van der Waals surface area contributed by atoms with Gasteiger partial charge in [0.25, 0.3) is 0 Å². The molecule has 1 heterocycles. The van der Waals surface area contributed by atoms with Gasteiger partial charge in [-0.15, -0.1) is 11.8 Å². The zero-order valence-corrected chi connectivity index (χ0v) is 12.2. The highest BCUT2D eigenvalue weighted by molar-refractivity contribution is 7.99. The average molecular weight is 273 g/mol. The van der Waals surface area contributed by atoms with Crippen LogP contribution in [-0.4, -0.2) is 22.3 Å². The lowest BCUT2D eigenvalue weighted by atomic mass is 10.2. The Kier molecular flexibility index (Phi) is 5.36. The van der Waals surface area contributed by atoms with Gasteiger partial charge in [-0.2, -0.15) is 0 Å². The van der Waals surface area contributed by atoms with E-state index in [0.29, 0.717) is 0 Å². The van der Waals surface area contributed by atoms with E-state index in [-0.39, 0.29) is 6.04 Å². The summed E-state index contributed by atoms with van der Waals surface area (Å²) in [5, 5.41) is 3.48. The number of hydrogen-bond acceptors (Lipinski definition) is 4. The summed E-state index contributed by atoms with van der Waals surface area (Å²) >= 11 is 1.86. The van der Waals surface area contributed by atoms with E-state index in [2.05, 4.69) is 53.4 Å². The zero-order valence-electron chi connectivity index (χ0n) is 11.3. The standard InChI is InChI=1S/C15H19N3S/c1-3-18-15(13-8-16-11-17-9-13)10-19-14-6-4-5-12(2)7-14/h4-9,11,15,18H,3,10H2,1-2H3. The van der Waals surface area contributed by atoms with Gasteiger partial charge in [0, 0.05) is 34.6 Å². The summed E-state index contributed by atoms with van der Waals surface area (Å²) in [6, 6.07) is 8.89. The maximum absolute atomic E-state index is 4.10. The largest absolute Gasteiger partial charge is 0.309 e. The van der Waals surface area contributed by atoms with E-state index in [9.17, 15) is 0 Å². The minimum absolute atomic E-state index is 0.289. The van der Waals surface area contributed by atoms with Crippen LogP contribution < -0.4 is 5.32 Å². The van der Waals surface area contributed by atoms with Crippen LogP contribution in [0.15, 0.2) is 47.9 Å². The maximum Gasteiger partial charge on any atom is 0.115 e. The Morgan fingerprint density at radius 3 is 2.74 bits per heavy atom. The molecule has 1 atom stereocenters. The minimum Gasteiger partial charge on any atom is -0.309 e. The van der Waals surface area contributed by atoms with E-state index in [4.69, 9.17) is 0 Å². The van der Waals surface area contributed by atoms with E-state index in [0.717, 1.165) is 17.9 Å². The Morgan fingerprint density at radius 1 is 1.26 bits per heavy atom. The van der Waals surface area contributed by atoms with Gasteiger partial charge in [-0.25, -0.2) is 9.97 Å². The molecule has 1 aromatic heterocycles. The highest BCUT2D eigenvalue weighted by atomic mass is 32.2. The minimum atomic E-state index is 0.289. The molecule has 100 valence electrons. The number of aromatic nitrogens is 2. The van der Waals surface area contributed by atoms with Gasteiger partial charge in [-0.3, -0.25) is 0 Å². The van der Waals surface area contributed by atoms with Gasteiger partial charge in [-0.05, 0) is 25.6 Å². The summed E-state index contributed by atoms with van der Waals surface area (Å²) in [5.41, 5.74) is 2.44. The molecule has 4 heteroatoms. The van der Waals surface area contributed by atoms with Crippen molar-refractivity contribution in [2.45, 2.75) is 24.8 Å². The lowest BCUT2D eigenvalue weighted by Gasteiger charge is -2.17. The molecule has 2 rings (SSSR count). The summed E-state index contributed by atoms with van der Waals surface area (Å²) in [7, 11) is 0. The van der Waals surface area contributed by atoms with Gasteiger partial charge in [-0.1, -0.05) is 24.6 Å². The van der Waals surface area contributed by atoms with Crippen LogP contribution in [0.3, 0.4) is 0 Å². The number of nitrogens with one attached hydrogen (secondary N) is 1. The molecule has 1 N–H and O–H groups in total. The fourth-order valence-corrected chi connectivity index (χ4v) is 3.01. The van der Waals surface area contributed by atoms with Crippen molar-refractivity contribution in [1.29, 1.82) is 0 Å². The molecule has 0 saturated carbocycles. The van der Waals surface area contributed by atoms with Crippen molar-refractivity contribution in [3.63, 3.8) is 0 Å². The van der Waals surface area contributed by atoms with Gasteiger partial charge >= 0.3 is 0 Å². The summed E-state index contributed by atoms with van der Waals surface area (Å²) in [6.45, 7) is 5.18. The first-order valence-corrected chi connectivity index (χ1v) is 7.46. The summed E-state index contributed by atoms with van der Waals surface area (Å²) in [4.78, 5) is 9.50. The molecule has 19 heavy (non-hydrogen) atoms. The van der Waals surface area contributed by atoms with Crippen molar-refractivity contribution in [3.05, 3.63) is 54.1 Å². The van der Waals surface area contributed by atoms with Crippen molar-refractivity contribution < 1.29 is 0 Å². The lowest BCUT2D eigenvalue weighted by Crippen LogP contribution is -2.23. The molecular formula is C15H19N3S. The van der Waals surface area contributed by atoms with Crippen molar-refractivity contribution in [3.8, 4) is 0 Å². The molecule has 0 saturated heterocycles. The second-order valence-electron chi connectivity index (χ2n) is 4.41. The molecule has 0 radical (unpaired) electrons. The summed E-state index contributed by atoms with van der Waals surface area (Å²) < 4.78 is 0. The third-order valence-corrected chi connectivity index (χ3v) is 3.93. The first-order valence-electron chi connectivity index (χ1n) is 6.47. The monoisotopic (exact) mass is 273 g/mol. The molecule has 2 aromatic rings. The molecule has 1 unspecified atom stereocenters. The normalized spacial score (nSPS) is 12.3. The van der Waals surface area contributed by atoms with Crippen molar-refractivity contribution in [2.24, 2.45) is 0 Å². The van der Waals surface area contributed by atoms with Crippen LogP contribution in [0.2, 0.25) is 0 Å². The fraction of sp³-hybridized carbons (Fsp3) is 0.333. The van der Waals surface area contributed by atoms with Crippen LogP contribution in [0.1, 0.15) is 24.1 Å². The number of hydrogen-bond donors (Lipinski definition) is 1. The van der Waals surface area contributed by atoms with Crippen molar-refractivity contribution >= 4 is 11.8 Å². The molecule has 3 nitrogen and oxygen atoms in total. The first-order chi connectivity index (χ1) is 9.29. The maximum atomic E-state index is 4.10. The van der Waals surface area contributed by atoms with Crippen LogP contribution in [0.4, 0.5) is 0 Å².